The van der Waals surface area contributed by atoms with Gasteiger partial charge in [-0.25, -0.2) is 13.6 Å². The molecule has 0 unspecified atom stereocenters. The van der Waals surface area contributed by atoms with Gasteiger partial charge in [-0.2, -0.15) is 0 Å². The standard InChI is InChI=1S/C16H10F2N2O6/c1-26-16(23)10-6-13(20(24)25)12(7-11(10)18)19-15(22)14(21)8-2-4-9(17)5-3-8/h2-7H,1H3,(H,19,22). The van der Waals surface area contributed by atoms with Crippen LogP contribution in [-0.4, -0.2) is 29.7 Å². The molecule has 2 aromatic carbocycles. The number of nitro benzene ring substituents is 1. The number of benzene rings is 2. The molecule has 0 aliphatic rings. The summed E-state index contributed by atoms with van der Waals surface area (Å²) in [4.78, 5) is 45.5. The minimum absolute atomic E-state index is 0.168. The third-order valence-corrected chi connectivity index (χ3v) is 3.25. The smallest absolute Gasteiger partial charge is 0.341 e. The van der Waals surface area contributed by atoms with Crippen molar-refractivity contribution in [3.8, 4) is 0 Å². The number of anilines is 1. The number of ketones is 1. The lowest BCUT2D eigenvalue weighted by Crippen LogP contribution is -2.23. The molecule has 0 aliphatic carbocycles. The predicted octanol–water partition coefficient (Wildman–Crippen LogP) is 2.48. The molecule has 134 valence electrons. The van der Waals surface area contributed by atoms with Crippen molar-refractivity contribution < 1.29 is 32.8 Å². The Hall–Kier alpha value is -3.69. The summed E-state index contributed by atoms with van der Waals surface area (Å²) in [6, 6.07) is 5.11. The summed E-state index contributed by atoms with van der Waals surface area (Å²) in [6.45, 7) is 0. The van der Waals surface area contributed by atoms with Gasteiger partial charge < -0.3 is 10.1 Å². The van der Waals surface area contributed by atoms with Crippen molar-refractivity contribution in [2.75, 3.05) is 12.4 Å². The Labute approximate surface area is 144 Å². The molecule has 1 N–H and O–H groups in total. The Morgan fingerprint density at radius 3 is 2.27 bits per heavy atom. The maximum Gasteiger partial charge on any atom is 0.341 e. The van der Waals surface area contributed by atoms with E-state index in [2.05, 4.69) is 4.74 Å². The van der Waals surface area contributed by atoms with Gasteiger partial charge >= 0.3 is 5.97 Å². The first-order chi connectivity index (χ1) is 12.2. The largest absolute Gasteiger partial charge is 0.465 e. The molecular weight excluding hydrogens is 354 g/mol. The first kappa shape index (κ1) is 18.6. The maximum absolute atomic E-state index is 13.9. The lowest BCUT2D eigenvalue weighted by atomic mass is 10.1. The van der Waals surface area contributed by atoms with Crippen LogP contribution in [0.3, 0.4) is 0 Å². The molecule has 2 aromatic rings. The minimum Gasteiger partial charge on any atom is -0.465 e. The van der Waals surface area contributed by atoms with Crippen molar-refractivity contribution in [2.45, 2.75) is 0 Å². The Morgan fingerprint density at radius 1 is 1.12 bits per heavy atom. The van der Waals surface area contributed by atoms with E-state index in [1.165, 1.54) is 0 Å². The van der Waals surface area contributed by atoms with Crippen molar-refractivity contribution in [3.63, 3.8) is 0 Å². The number of nitrogens with zero attached hydrogens (tertiary/aromatic N) is 1. The molecule has 10 heteroatoms. The average molecular weight is 364 g/mol. The first-order valence-electron chi connectivity index (χ1n) is 6.92. The minimum atomic E-state index is -1.30. The van der Waals surface area contributed by atoms with Crippen LogP contribution in [0.2, 0.25) is 0 Å². The van der Waals surface area contributed by atoms with Gasteiger partial charge in [-0.05, 0) is 24.3 Å². The molecule has 0 bridgehead atoms. The zero-order valence-corrected chi connectivity index (χ0v) is 13.1. The highest BCUT2D eigenvalue weighted by Crippen LogP contribution is 2.28. The summed E-state index contributed by atoms with van der Waals surface area (Å²) in [5.74, 6) is -5.38. The van der Waals surface area contributed by atoms with Gasteiger partial charge in [-0.3, -0.25) is 19.7 Å². The number of halogens is 2. The van der Waals surface area contributed by atoms with Crippen molar-refractivity contribution in [2.24, 2.45) is 0 Å². The molecule has 0 aliphatic heterocycles. The van der Waals surface area contributed by atoms with E-state index >= 15 is 0 Å². The highest BCUT2D eigenvalue weighted by atomic mass is 19.1. The Bertz CT molecular complexity index is 912. The second-order valence-corrected chi connectivity index (χ2v) is 4.89. The SMILES string of the molecule is COC(=O)c1cc([N+](=O)[O-])c(NC(=O)C(=O)c2ccc(F)cc2)cc1F. The predicted molar refractivity (Wildman–Crippen MR) is 83.8 cm³/mol. The van der Waals surface area contributed by atoms with E-state index in [0.29, 0.717) is 12.1 Å². The van der Waals surface area contributed by atoms with Crippen molar-refractivity contribution in [3.05, 3.63) is 69.3 Å². The number of nitro groups is 1. The number of Topliss-reactive ketones (excluding diaryl/α,β-unsaturated/α-hetero) is 1. The normalized spacial score (nSPS) is 10.1. The maximum atomic E-state index is 13.9. The number of rotatable bonds is 5. The molecule has 0 heterocycles. The quantitative estimate of drug-likeness (QED) is 0.286. The zero-order chi connectivity index (χ0) is 19.4. The summed E-state index contributed by atoms with van der Waals surface area (Å²) >= 11 is 0. The number of ether oxygens (including phenoxy) is 1. The topological polar surface area (TPSA) is 116 Å². The summed E-state index contributed by atoms with van der Waals surface area (Å²) in [6.07, 6.45) is 0. The van der Waals surface area contributed by atoms with Crippen molar-refractivity contribution >= 4 is 29.0 Å². The van der Waals surface area contributed by atoms with Crippen LogP contribution in [0.25, 0.3) is 0 Å². The molecule has 0 fully saturated rings. The van der Waals surface area contributed by atoms with Gasteiger partial charge in [0.2, 0.25) is 0 Å². The molecule has 0 aromatic heterocycles. The van der Waals surface area contributed by atoms with E-state index < -0.39 is 51.2 Å². The average Bonchev–Trinajstić information content (AvgIpc) is 2.60. The first-order valence-corrected chi connectivity index (χ1v) is 6.92. The summed E-state index contributed by atoms with van der Waals surface area (Å²) in [7, 11) is 0.963. The summed E-state index contributed by atoms with van der Waals surface area (Å²) in [5, 5.41) is 13.0. The third kappa shape index (κ3) is 3.86. The second-order valence-electron chi connectivity index (χ2n) is 4.89. The lowest BCUT2D eigenvalue weighted by molar-refractivity contribution is -0.384. The number of nitrogens with one attached hydrogen (secondary N) is 1. The highest BCUT2D eigenvalue weighted by Gasteiger charge is 2.26. The summed E-state index contributed by atoms with van der Waals surface area (Å²) in [5.41, 5.74) is -2.31. The molecule has 0 saturated carbocycles. The number of hydrogen-bond donors (Lipinski definition) is 1. The van der Waals surface area contributed by atoms with Crippen LogP contribution >= 0.6 is 0 Å². The van der Waals surface area contributed by atoms with E-state index in [-0.39, 0.29) is 5.56 Å². The molecule has 0 saturated heterocycles. The number of esters is 1. The molecule has 8 nitrogen and oxygen atoms in total. The van der Waals surface area contributed by atoms with Crippen LogP contribution in [0.4, 0.5) is 20.2 Å². The van der Waals surface area contributed by atoms with Crippen molar-refractivity contribution in [1.82, 2.24) is 0 Å². The van der Waals surface area contributed by atoms with Crippen molar-refractivity contribution in [1.29, 1.82) is 0 Å². The van der Waals surface area contributed by atoms with Gasteiger partial charge in [-0.15, -0.1) is 0 Å². The van der Waals surface area contributed by atoms with E-state index in [9.17, 15) is 33.3 Å². The fourth-order valence-corrected chi connectivity index (χ4v) is 1.99. The van der Waals surface area contributed by atoms with Crippen LogP contribution < -0.4 is 5.32 Å². The molecular formula is C16H10F2N2O6. The zero-order valence-electron chi connectivity index (χ0n) is 13.1. The molecule has 26 heavy (non-hydrogen) atoms. The molecule has 0 radical (unpaired) electrons. The fraction of sp³-hybridized carbons (Fsp3) is 0.0625. The lowest BCUT2D eigenvalue weighted by Gasteiger charge is -2.08. The fourth-order valence-electron chi connectivity index (χ4n) is 1.99. The van der Waals surface area contributed by atoms with E-state index in [4.69, 9.17) is 0 Å². The number of hydrogen-bond acceptors (Lipinski definition) is 6. The van der Waals surface area contributed by atoms with E-state index in [1.807, 2.05) is 5.32 Å². The van der Waals surface area contributed by atoms with E-state index in [1.54, 1.807) is 0 Å². The highest BCUT2D eigenvalue weighted by molar-refractivity contribution is 6.46. The number of amides is 1. The number of methoxy groups -OCH3 is 1. The van der Waals surface area contributed by atoms with Crippen LogP contribution in [0, 0.1) is 21.7 Å². The van der Waals surface area contributed by atoms with Crippen LogP contribution in [-0.2, 0) is 9.53 Å². The van der Waals surface area contributed by atoms with Gasteiger partial charge in [-0.1, -0.05) is 0 Å². The molecule has 0 spiro atoms. The molecule has 2 rings (SSSR count). The van der Waals surface area contributed by atoms with E-state index in [0.717, 1.165) is 31.4 Å². The Kier molecular flexibility index (Phi) is 5.36. The van der Waals surface area contributed by atoms with Gasteiger partial charge in [0.05, 0.1) is 12.0 Å². The monoisotopic (exact) mass is 364 g/mol. The Morgan fingerprint density at radius 2 is 1.73 bits per heavy atom. The van der Waals surface area contributed by atoms with Crippen LogP contribution in [0.5, 0.6) is 0 Å². The summed E-state index contributed by atoms with van der Waals surface area (Å²) < 4.78 is 31.1. The second kappa shape index (κ2) is 7.47. The van der Waals surface area contributed by atoms with Gasteiger partial charge in [0, 0.05) is 17.7 Å². The Balaban J connectivity index is 2.35. The third-order valence-electron chi connectivity index (χ3n) is 3.25. The van der Waals surface area contributed by atoms with Gasteiger partial charge in [0.1, 0.15) is 22.9 Å². The number of carbonyl (C=O) groups excluding carboxylic acids is 3. The molecule has 0 atom stereocenters. The van der Waals surface area contributed by atoms with Crippen LogP contribution in [0.15, 0.2) is 36.4 Å². The van der Waals surface area contributed by atoms with Gasteiger partial charge in [0.25, 0.3) is 17.4 Å². The number of carbonyl (C=O) groups is 3. The van der Waals surface area contributed by atoms with Gasteiger partial charge in [0.15, 0.2) is 0 Å². The van der Waals surface area contributed by atoms with Crippen LogP contribution in [0.1, 0.15) is 20.7 Å². The molecule has 1 amide bonds.